The van der Waals surface area contributed by atoms with E-state index in [2.05, 4.69) is 22.3 Å². The molecule has 24 heavy (non-hydrogen) atoms. The van der Waals surface area contributed by atoms with Crippen molar-refractivity contribution in [3.05, 3.63) is 29.8 Å². The van der Waals surface area contributed by atoms with E-state index < -0.39 is 0 Å². The number of methoxy groups -OCH3 is 1. The second-order valence-electron chi connectivity index (χ2n) is 6.43. The van der Waals surface area contributed by atoms with E-state index in [9.17, 15) is 4.79 Å². The van der Waals surface area contributed by atoms with Gasteiger partial charge in [-0.25, -0.2) is 4.79 Å². The molecule has 2 heterocycles. The number of hydrogen-bond donors (Lipinski definition) is 1. The van der Waals surface area contributed by atoms with Crippen molar-refractivity contribution in [2.75, 3.05) is 46.4 Å². The fraction of sp³-hybridized carbons (Fsp3) is 0.611. The molecule has 2 aliphatic heterocycles. The van der Waals surface area contributed by atoms with Crippen LogP contribution in [0.1, 0.15) is 18.4 Å². The lowest BCUT2D eigenvalue weighted by Crippen LogP contribution is -2.52. The first-order chi connectivity index (χ1) is 11.7. The summed E-state index contributed by atoms with van der Waals surface area (Å²) in [5.74, 6) is 0.881. The van der Waals surface area contributed by atoms with Gasteiger partial charge >= 0.3 is 6.03 Å². The van der Waals surface area contributed by atoms with Gasteiger partial charge in [-0.05, 0) is 30.5 Å². The minimum Gasteiger partial charge on any atom is -0.497 e. The quantitative estimate of drug-likeness (QED) is 0.891. The topological polar surface area (TPSA) is 54.0 Å². The van der Waals surface area contributed by atoms with Gasteiger partial charge in [-0.15, -0.1) is 0 Å². The van der Waals surface area contributed by atoms with E-state index in [1.165, 1.54) is 5.56 Å². The Morgan fingerprint density at radius 3 is 2.62 bits per heavy atom. The van der Waals surface area contributed by atoms with Gasteiger partial charge in [-0.2, -0.15) is 0 Å². The summed E-state index contributed by atoms with van der Waals surface area (Å²) in [7, 11) is 1.68. The van der Waals surface area contributed by atoms with Gasteiger partial charge in [0.15, 0.2) is 0 Å². The Bertz CT molecular complexity index is 521. The zero-order valence-electron chi connectivity index (χ0n) is 14.4. The van der Waals surface area contributed by atoms with E-state index in [-0.39, 0.29) is 12.1 Å². The molecule has 0 saturated carbocycles. The summed E-state index contributed by atoms with van der Waals surface area (Å²) in [5, 5.41) is 3.00. The highest BCUT2D eigenvalue weighted by molar-refractivity contribution is 5.74. The number of benzene rings is 1. The molecular formula is C18H27N3O3. The summed E-state index contributed by atoms with van der Waals surface area (Å²) in [6.07, 6.45) is 2.35. The van der Waals surface area contributed by atoms with Gasteiger partial charge in [-0.3, -0.25) is 4.90 Å². The van der Waals surface area contributed by atoms with Gasteiger partial charge in [0, 0.05) is 45.9 Å². The third-order valence-corrected chi connectivity index (χ3v) is 4.73. The number of nitrogens with zero attached hydrogens (tertiary/aromatic N) is 2. The zero-order valence-corrected chi connectivity index (χ0v) is 14.4. The Balaban J connectivity index is 1.38. The Hall–Kier alpha value is -1.79. The van der Waals surface area contributed by atoms with E-state index in [4.69, 9.17) is 9.47 Å². The molecule has 132 valence electrons. The van der Waals surface area contributed by atoms with Crippen LogP contribution in [0, 0.1) is 0 Å². The zero-order chi connectivity index (χ0) is 16.8. The van der Waals surface area contributed by atoms with Crippen LogP contribution in [-0.2, 0) is 11.3 Å². The average molecular weight is 333 g/mol. The van der Waals surface area contributed by atoms with Crippen LogP contribution >= 0.6 is 0 Å². The molecule has 1 aromatic carbocycles. The molecule has 2 fully saturated rings. The van der Waals surface area contributed by atoms with E-state index in [1.807, 2.05) is 17.0 Å². The first-order valence-corrected chi connectivity index (χ1v) is 8.74. The van der Waals surface area contributed by atoms with Crippen molar-refractivity contribution in [2.24, 2.45) is 0 Å². The monoisotopic (exact) mass is 333 g/mol. The maximum absolute atomic E-state index is 12.2. The van der Waals surface area contributed by atoms with Gasteiger partial charge in [0.05, 0.1) is 13.2 Å². The molecule has 3 rings (SSSR count). The Labute approximate surface area is 143 Å². The van der Waals surface area contributed by atoms with Crippen LogP contribution in [-0.4, -0.2) is 68.4 Å². The maximum atomic E-state index is 12.2. The lowest BCUT2D eigenvalue weighted by atomic mass is 10.2. The Morgan fingerprint density at radius 2 is 2.00 bits per heavy atom. The normalized spacial score (nSPS) is 21.7. The molecule has 2 aliphatic rings. The van der Waals surface area contributed by atoms with E-state index in [1.54, 1.807) is 7.11 Å². The van der Waals surface area contributed by atoms with Crippen LogP contribution in [0.5, 0.6) is 5.75 Å². The predicted molar refractivity (Wildman–Crippen MR) is 92.2 cm³/mol. The largest absolute Gasteiger partial charge is 0.497 e. The average Bonchev–Trinajstić information content (AvgIpc) is 3.14. The minimum atomic E-state index is 0.0367. The molecule has 1 aromatic rings. The highest BCUT2D eigenvalue weighted by Crippen LogP contribution is 2.14. The molecule has 0 spiro atoms. The SMILES string of the molecule is COc1ccc(CN2CCN(C(=O)NCC3CCCO3)CC2)cc1. The fourth-order valence-corrected chi connectivity index (χ4v) is 3.22. The van der Waals surface area contributed by atoms with Gasteiger partial charge in [0.25, 0.3) is 0 Å². The van der Waals surface area contributed by atoms with E-state index in [0.29, 0.717) is 6.54 Å². The number of piperazine rings is 1. The number of carbonyl (C=O) groups excluding carboxylic acids is 1. The number of rotatable bonds is 5. The van der Waals surface area contributed by atoms with Crippen molar-refractivity contribution >= 4 is 6.03 Å². The number of urea groups is 1. The summed E-state index contributed by atoms with van der Waals surface area (Å²) in [4.78, 5) is 16.5. The molecule has 1 atom stereocenters. The molecule has 0 aliphatic carbocycles. The van der Waals surface area contributed by atoms with Crippen LogP contribution in [0.3, 0.4) is 0 Å². The van der Waals surface area contributed by atoms with Crippen molar-refractivity contribution < 1.29 is 14.3 Å². The van der Waals surface area contributed by atoms with Crippen molar-refractivity contribution in [1.82, 2.24) is 15.1 Å². The molecular weight excluding hydrogens is 306 g/mol. The number of hydrogen-bond acceptors (Lipinski definition) is 4. The van der Waals surface area contributed by atoms with Gasteiger partial charge in [0.2, 0.25) is 0 Å². The molecule has 0 bridgehead atoms. The summed E-state index contributed by atoms with van der Waals surface area (Å²) < 4.78 is 10.7. The van der Waals surface area contributed by atoms with Gasteiger partial charge in [0.1, 0.15) is 5.75 Å². The van der Waals surface area contributed by atoms with Crippen molar-refractivity contribution in [3.8, 4) is 5.75 Å². The maximum Gasteiger partial charge on any atom is 0.317 e. The van der Waals surface area contributed by atoms with Gasteiger partial charge in [-0.1, -0.05) is 12.1 Å². The summed E-state index contributed by atoms with van der Waals surface area (Å²) in [5.41, 5.74) is 1.27. The smallest absolute Gasteiger partial charge is 0.317 e. The van der Waals surface area contributed by atoms with Gasteiger partial charge < -0.3 is 19.7 Å². The summed E-state index contributed by atoms with van der Waals surface area (Å²) >= 11 is 0. The van der Waals surface area contributed by atoms with Crippen molar-refractivity contribution in [2.45, 2.75) is 25.5 Å². The third kappa shape index (κ3) is 4.61. The first-order valence-electron chi connectivity index (χ1n) is 8.74. The van der Waals surface area contributed by atoms with Crippen LogP contribution in [0.4, 0.5) is 4.79 Å². The molecule has 6 nitrogen and oxygen atoms in total. The molecule has 1 N–H and O–H groups in total. The number of nitrogens with one attached hydrogen (secondary N) is 1. The second kappa shape index (κ2) is 8.35. The summed E-state index contributed by atoms with van der Waals surface area (Å²) in [6, 6.07) is 8.21. The van der Waals surface area contributed by atoms with Crippen LogP contribution in [0.25, 0.3) is 0 Å². The predicted octanol–water partition coefficient (Wildman–Crippen LogP) is 1.70. The van der Waals surface area contributed by atoms with Crippen LogP contribution in [0.15, 0.2) is 24.3 Å². The summed E-state index contributed by atoms with van der Waals surface area (Å²) in [6.45, 7) is 5.71. The fourth-order valence-electron chi connectivity index (χ4n) is 3.22. The van der Waals surface area contributed by atoms with E-state index >= 15 is 0 Å². The molecule has 6 heteroatoms. The van der Waals surface area contributed by atoms with Crippen molar-refractivity contribution in [3.63, 3.8) is 0 Å². The Kier molecular flexibility index (Phi) is 5.93. The molecule has 2 amide bonds. The van der Waals surface area contributed by atoms with Crippen LogP contribution in [0.2, 0.25) is 0 Å². The highest BCUT2D eigenvalue weighted by atomic mass is 16.5. The third-order valence-electron chi connectivity index (χ3n) is 4.73. The Morgan fingerprint density at radius 1 is 1.25 bits per heavy atom. The molecule has 1 unspecified atom stereocenters. The first kappa shape index (κ1) is 17.0. The lowest BCUT2D eigenvalue weighted by Gasteiger charge is -2.34. The standard InChI is InChI=1S/C18H27N3O3/c1-23-16-6-4-15(5-7-16)14-20-8-10-21(11-9-20)18(22)19-13-17-3-2-12-24-17/h4-7,17H,2-3,8-14H2,1H3,(H,19,22). The second-order valence-corrected chi connectivity index (χ2v) is 6.43. The number of carbonyl (C=O) groups is 1. The highest BCUT2D eigenvalue weighted by Gasteiger charge is 2.22. The number of amides is 2. The minimum absolute atomic E-state index is 0.0367. The van der Waals surface area contributed by atoms with Crippen molar-refractivity contribution in [1.29, 1.82) is 0 Å². The lowest BCUT2D eigenvalue weighted by molar-refractivity contribution is 0.104. The molecule has 2 saturated heterocycles. The molecule has 0 radical (unpaired) electrons. The number of ether oxygens (including phenoxy) is 2. The van der Waals surface area contributed by atoms with E-state index in [0.717, 1.165) is 57.9 Å². The van der Waals surface area contributed by atoms with Crippen LogP contribution < -0.4 is 10.1 Å². The molecule has 0 aromatic heterocycles.